The van der Waals surface area contributed by atoms with Crippen molar-refractivity contribution in [3.8, 4) is 0 Å². The Hall–Kier alpha value is -0.530. The normalized spacial score (nSPS) is 18.0. The van der Waals surface area contributed by atoms with Gasteiger partial charge < -0.3 is 4.90 Å². The Morgan fingerprint density at radius 3 is 2.71 bits per heavy atom. The molecule has 5 heteroatoms. The Morgan fingerprint density at radius 2 is 2.00 bits per heavy atom. The molecule has 1 unspecified atom stereocenters. The molecular weight excluding hydrogens is 461 g/mol. The molecule has 1 aliphatic rings. The Labute approximate surface area is 150 Å². The van der Waals surface area contributed by atoms with E-state index in [0.717, 1.165) is 25.9 Å². The highest BCUT2D eigenvalue weighted by molar-refractivity contribution is 14.1. The molecular formula is C16H13BrINOS. The van der Waals surface area contributed by atoms with Gasteiger partial charge in [-0.15, -0.1) is 11.8 Å². The van der Waals surface area contributed by atoms with Crippen LogP contribution in [0.3, 0.4) is 0 Å². The van der Waals surface area contributed by atoms with Crippen molar-refractivity contribution in [2.45, 2.75) is 5.37 Å². The van der Waals surface area contributed by atoms with Crippen LogP contribution in [0.4, 0.5) is 0 Å². The summed E-state index contributed by atoms with van der Waals surface area (Å²) in [5.74, 6) is 1.10. The van der Waals surface area contributed by atoms with Crippen molar-refractivity contribution in [2.75, 3.05) is 12.3 Å². The number of halogens is 2. The monoisotopic (exact) mass is 473 g/mol. The zero-order valence-electron chi connectivity index (χ0n) is 11.1. The average molecular weight is 474 g/mol. The first-order valence-corrected chi connectivity index (χ1v) is 9.51. The van der Waals surface area contributed by atoms with Crippen LogP contribution in [0.2, 0.25) is 0 Å². The van der Waals surface area contributed by atoms with Crippen LogP contribution in [-0.2, 0) is 0 Å². The van der Waals surface area contributed by atoms with Crippen LogP contribution in [0.1, 0.15) is 21.3 Å². The van der Waals surface area contributed by atoms with E-state index in [9.17, 15) is 4.79 Å². The first kappa shape index (κ1) is 15.4. The molecule has 1 atom stereocenters. The summed E-state index contributed by atoms with van der Waals surface area (Å²) in [6.45, 7) is 0.801. The first-order chi connectivity index (χ1) is 10.1. The number of nitrogens with zero attached hydrogens (tertiary/aromatic N) is 1. The fourth-order valence-electron chi connectivity index (χ4n) is 2.37. The molecule has 1 amide bonds. The number of benzene rings is 2. The molecule has 0 N–H and O–H groups in total. The third-order valence-corrected chi connectivity index (χ3v) is 5.84. The summed E-state index contributed by atoms with van der Waals surface area (Å²) in [5.41, 5.74) is 1.95. The lowest BCUT2D eigenvalue weighted by Crippen LogP contribution is -2.30. The molecule has 1 aliphatic heterocycles. The second kappa shape index (κ2) is 6.71. The van der Waals surface area contributed by atoms with E-state index in [1.165, 1.54) is 5.56 Å². The molecule has 1 saturated heterocycles. The fraction of sp³-hybridized carbons (Fsp3) is 0.188. The van der Waals surface area contributed by atoms with Gasteiger partial charge in [-0.2, -0.15) is 0 Å². The summed E-state index contributed by atoms with van der Waals surface area (Å²) in [6.07, 6.45) is 0. The lowest BCUT2D eigenvalue weighted by Gasteiger charge is -2.24. The van der Waals surface area contributed by atoms with Crippen LogP contribution in [0.5, 0.6) is 0 Å². The van der Waals surface area contributed by atoms with Gasteiger partial charge in [0.15, 0.2) is 0 Å². The van der Waals surface area contributed by atoms with Gasteiger partial charge in [-0.05, 0) is 58.5 Å². The number of carbonyl (C=O) groups is 1. The molecule has 2 aromatic carbocycles. The largest absolute Gasteiger partial charge is 0.322 e. The Balaban J connectivity index is 1.87. The average Bonchev–Trinajstić information content (AvgIpc) is 2.96. The SMILES string of the molecule is O=C(c1cccc(I)c1)N1CCSC1c1ccc(Br)cc1. The van der Waals surface area contributed by atoms with Gasteiger partial charge in [-0.1, -0.05) is 34.1 Å². The Bertz CT molecular complexity index is 662. The summed E-state index contributed by atoms with van der Waals surface area (Å²) >= 11 is 7.52. The molecule has 0 aromatic heterocycles. The van der Waals surface area contributed by atoms with Gasteiger partial charge in [0.1, 0.15) is 5.37 Å². The van der Waals surface area contributed by atoms with E-state index in [1.54, 1.807) is 0 Å². The molecule has 2 aromatic rings. The molecule has 108 valence electrons. The minimum Gasteiger partial charge on any atom is -0.322 e. The van der Waals surface area contributed by atoms with Crippen LogP contribution in [0.15, 0.2) is 53.0 Å². The number of hydrogen-bond donors (Lipinski definition) is 0. The number of hydrogen-bond acceptors (Lipinski definition) is 2. The van der Waals surface area contributed by atoms with Crippen LogP contribution in [0.25, 0.3) is 0 Å². The van der Waals surface area contributed by atoms with Gasteiger partial charge in [0.25, 0.3) is 5.91 Å². The van der Waals surface area contributed by atoms with Gasteiger partial charge >= 0.3 is 0 Å². The topological polar surface area (TPSA) is 20.3 Å². The van der Waals surface area contributed by atoms with Crippen molar-refractivity contribution in [1.82, 2.24) is 4.90 Å². The molecule has 0 spiro atoms. The fourth-order valence-corrected chi connectivity index (χ4v) is 4.43. The third kappa shape index (κ3) is 3.46. The van der Waals surface area contributed by atoms with Crippen LogP contribution >= 0.6 is 50.3 Å². The molecule has 1 fully saturated rings. The van der Waals surface area contributed by atoms with E-state index in [-0.39, 0.29) is 11.3 Å². The number of amides is 1. The first-order valence-electron chi connectivity index (χ1n) is 6.59. The van der Waals surface area contributed by atoms with E-state index < -0.39 is 0 Å². The predicted molar refractivity (Wildman–Crippen MR) is 99.5 cm³/mol. The lowest BCUT2D eigenvalue weighted by molar-refractivity contribution is 0.0760. The Morgan fingerprint density at radius 1 is 1.24 bits per heavy atom. The molecule has 0 bridgehead atoms. The van der Waals surface area contributed by atoms with Crippen LogP contribution in [-0.4, -0.2) is 23.1 Å². The van der Waals surface area contributed by atoms with Crippen molar-refractivity contribution in [3.05, 3.63) is 67.7 Å². The van der Waals surface area contributed by atoms with Crippen LogP contribution < -0.4 is 0 Å². The van der Waals surface area contributed by atoms with Crippen molar-refractivity contribution in [2.24, 2.45) is 0 Å². The molecule has 1 heterocycles. The molecule has 21 heavy (non-hydrogen) atoms. The molecule has 0 saturated carbocycles. The summed E-state index contributed by atoms with van der Waals surface area (Å²) in [5, 5.41) is 0.114. The Kier molecular flexibility index (Phi) is 4.91. The van der Waals surface area contributed by atoms with Crippen molar-refractivity contribution in [1.29, 1.82) is 0 Å². The van der Waals surface area contributed by atoms with Crippen molar-refractivity contribution in [3.63, 3.8) is 0 Å². The standard InChI is InChI=1S/C16H13BrINOS/c17-13-6-4-11(5-7-13)16-19(8-9-21-16)15(20)12-2-1-3-14(18)10-12/h1-7,10,16H,8-9H2. The maximum absolute atomic E-state index is 12.7. The molecule has 0 aliphatic carbocycles. The number of carbonyl (C=O) groups excluding carboxylic acids is 1. The number of thioether (sulfide) groups is 1. The second-order valence-electron chi connectivity index (χ2n) is 4.78. The molecule has 0 radical (unpaired) electrons. The predicted octanol–water partition coefficient (Wildman–Crippen LogP) is 4.94. The van der Waals surface area contributed by atoms with Gasteiger partial charge in [-0.3, -0.25) is 4.79 Å². The highest BCUT2D eigenvalue weighted by atomic mass is 127. The maximum Gasteiger partial charge on any atom is 0.255 e. The van der Waals surface area contributed by atoms with Gasteiger partial charge in [0, 0.05) is 25.9 Å². The van der Waals surface area contributed by atoms with E-state index in [0.29, 0.717) is 0 Å². The highest BCUT2D eigenvalue weighted by Gasteiger charge is 2.31. The lowest BCUT2D eigenvalue weighted by atomic mass is 10.1. The van der Waals surface area contributed by atoms with E-state index in [2.05, 4.69) is 50.7 Å². The summed E-state index contributed by atoms with van der Waals surface area (Å²) in [6, 6.07) is 16.0. The zero-order valence-corrected chi connectivity index (χ0v) is 15.7. The van der Waals surface area contributed by atoms with Crippen LogP contribution in [0, 0.1) is 3.57 Å². The summed E-state index contributed by atoms with van der Waals surface area (Å²) in [4.78, 5) is 14.7. The van der Waals surface area contributed by atoms with Gasteiger partial charge in [0.2, 0.25) is 0 Å². The minimum absolute atomic E-state index is 0.114. The van der Waals surface area contributed by atoms with E-state index in [1.807, 2.05) is 53.1 Å². The molecule has 3 rings (SSSR count). The zero-order chi connectivity index (χ0) is 14.8. The van der Waals surface area contributed by atoms with E-state index >= 15 is 0 Å². The number of rotatable bonds is 2. The summed E-state index contributed by atoms with van der Waals surface area (Å²) in [7, 11) is 0. The highest BCUT2D eigenvalue weighted by Crippen LogP contribution is 2.39. The van der Waals surface area contributed by atoms with E-state index in [4.69, 9.17) is 0 Å². The summed E-state index contributed by atoms with van der Waals surface area (Å²) < 4.78 is 2.15. The minimum atomic E-state index is 0.114. The molecule has 2 nitrogen and oxygen atoms in total. The third-order valence-electron chi connectivity index (χ3n) is 3.38. The smallest absolute Gasteiger partial charge is 0.255 e. The van der Waals surface area contributed by atoms with Gasteiger partial charge in [0.05, 0.1) is 0 Å². The van der Waals surface area contributed by atoms with Gasteiger partial charge in [-0.25, -0.2) is 0 Å². The second-order valence-corrected chi connectivity index (χ2v) is 8.13. The maximum atomic E-state index is 12.7. The quantitative estimate of drug-likeness (QED) is 0.575. The van der Waals surface area contributed by atoms with Crippen molar-refractivity contribution < 1.29 is 4.79 Å². The van der Waals surface area contributed by atoms with Crippen molar-refractivity contribution >= 4 is 56.2 Å².